The smallest absolute Gasteiger partial charge is 0.242 e. The van der Waals surface area contributed by atoms with E-state index in [4.69, 9.17) is 5.26 Å². The lowest BCUT2D eigenvalue weighted by atomic mass is 9.73. The number of nitrogens with zero attached hydrogens (tertiary/aromatic N) is 3. The molecule has 0 spiro atoms. The van der Waals surface area contributed by atoms with Gasteiger partial charge in [-0.15, -0.1) is 0 Å². The SMILES string of the molecule is CCC(=O)N1CC(=O)N2[C@H](C1)[C@@H](c1ccc(-c3ccc(C#N)cc3)cc1)[C@@H]2CO. The molecule has 2 aliphatic heterocycles. The Bertz CT molecular complexity index is 962. The van der Waals surface area contributed by atoms with E-state index in [1.54, 1.807) is 28.9 Å². The van der Waals surface area contributed by atoms with Crippen LogP contribution in [0.4, 0.5) is 0 Å². The predicted octanol–water partition coefficient (Wildman–Crippen LogP) is 2.13. The van der Waals surface area contributed by atoms with Crippen molar-refractivity contribution in [1.29, 1.82) is 5.26 Å². The summed E-state index contributed by atoms with van der Waals surface area (Å²) >= 11 is 0. The summed E-state index contributed by atoms with van der Waals surface area (Å²) in [5.41, 5.74) is 3.75. The van der Waals surface area contributed by atoms with E-state index < -0.39 is 0 Å². The molecule has 2 heterocycles. The molecule has 3 atom stereocenters. The van der Waals surface area contributed by atoms with Crippen molar-refractivity contribution in [2.45, 2.75) is 31.3 Å². The number of amides is 2. The van der Waals surface area contributed by atoms with Crippen LogP contribution in [0.1, 0.15) is 30.4 Å². The van der Waals surface area contributed by atoms with E-state index in [1.807, 2.05) is 36.4 Å². The summed E-state index contributed by atoms with van der Waals surface area (Å²) in [6.45, 7) is 2.32. The maximum Gasteiger partial charge on any atom is 0.242 e. The molecule has 2 amide bonds. The average Bonchev–Trinajstić information content (AvgIpc) is 2.75. The molecule has 2 aromatic rings. The van der Waals surface area contributed by atoms with E-state index in [-0.39, 0.29) is 43.0 Å². The molecule has 4 rings (SSSR count). The predicted molar refractivity (Wildman–Crippen MR) is 108 cm³/mol. The molecule has 2 saturated heterocycles. The molecule has 2 fully saturated rings. The van der Waals surface area contributed by atoms with Gasteiger partial charge in [-0.05, 0) is 28.8 Å². The van der Waals surface area contributed by atoms with Gasteiger partial charge >= 0.3 is 0 Å². The van der Waals surface area contributed by atoms with Crippen LogP contribution in [0.3, 0.4) is 0 Å². The summed E-state index contributed by atoms with van der Waals surface area (Å²) in [5.74, 6) is -0.0978. The Kier molecular flexibility index (Phi) is 5.08. The summed E-state index contributed by atoms with van der Waals surface area (Å²) in [6.07, 6.45) is 0.382. The Morgan fingerprint density at radius 1 is 1.14 bits per heavy atom. The van der Waals surface area contributed by atoms with Gasteiger partial charge < -0.3 is 14.9 Å². The van der Waals surface area contributed by atoms with Crippen molar-refractivity contribution < 1.29 is 14.7 Å². The molecule has 29 heavy (non-hydrogen) atoms. The fourth-order valence-electron chi connectivity index (χ4n) is 4.55. The topological polar surface area (TPSA) is 84.6 Å². The van der Waals surface area contributed by atoms with Gasteiger partial charge in [-0.2, -0.15) is 5.26 Å². The number of aliphatic hydroxyl groups is 1. The van der Waals surface area contributed by atoms with Crippen LogP contribution in [-0.2, 0) is 9.59 Å². The summed E-state index contributed by atoms with van der Waals surface area (Å²) in [6, 6.07) is 17.3. The van der Waals surface area contributed by atoms with Crippen molar-refractivity contribution in [3.05, 3.63) is 59.7 Å². The second-order valence-corrected chi connectivity index (χ2v) is 7.58. The van der Waals surface area contributed by atoms with Gasteiger partial charge in [-0.25, -0.2) is 0 Å². The third-order valence-corrected chi connectivity index (χ3v) is 6.05. The summed E-state index contributed by atoms with van der Waals surface area (Å²) < 4.78 is 0. The Balaban J connectivity index is 1.57. The number of piperazine rings is 1. The van der Waals surface area contributed by atoms with E-state index in [9.17, 15) is 14.7 Å². The molecule has 6 nitrogen and oxygen atoms in total. The fourth-order valence-corrected chi connectivity index (χ4v) is 4.55. The zero-order valence-corrected chi connectivity index (χ0v) is 16.3. The first-order valence-electron chi connectivity index (χ1n) is 9.87. The van der Waals surface area contributed by atoms with Crippen molar-refractivity contribution in [3.63, 3.8) is 0 Å². The van der Waals surface area contributed by atoms with E-state index in [2.05, 4.69) is 6.07 Å². The monoisotopic (exact) mass is 389 g/mol. The normalized spacial score (nSPS) is 23.2. The molecule has 2 aromatic carbocycles. The minimum absolute atomic E-state index is 0.00595. The standard InChI is InChI=1S/C23H23N3O3/c1-2-21(28)25-12-19-23(20(14-27)26(19)22(29)13-25)18-9-7-17(8-10-18)16-5-3-15(11-24)4-6-16/h3-10,19-20,23,27H,2,12-14H2,1H3/t19-,20+,23-/m1/s1. The van der Waals surface area contributed by atoms with Crippen molar-refractivity contribution in [1.82, 2.24) is 9.80 Å². The van der Waals surface area contributed by atoms with Gasteiger partial charge in [-0.3, -0.25) is 9.59 Å². The second-order valence-electron chi connectivity index (χ2n) is 7.58. The first-order valence-corrected chi connectivity index (χ1v) is 9.87. The lowest BCUT2D eigenvalue weighted by Crippen LogP contribution is -2.73. The van der Waals surface area contributed by atoms with Crippen LogP contribution < -0.4 is 0 Å². The zero-order valence-electron chi connectivity index (χ0n) is 16.3. The minimum Gasteiger partial charge on any atom is -0.394 e. The number of carbonyl (C=O) groups excluding carboxylic acids is 2. The number of nitriles is 1. The molecule has 1 N–H and O–H groups in total. The van der Waals surface area contributed by atoms with Crippen LogP contribution in [0.5, 0.6) is 0 Å². The molecule has 6 heteroatoms. The number of rotatable bonds is 4. The largest absolute Gasteiger partial charge is 0.394 e. The summed E-state index contributed by atoms with van der Waals surface area (Å²) in [4.78, 5) is 28.0. The second kappa shape index (κ2) is 7.69. The highest BCUT2D eigenvalue weighted by Gasteiger charge is 2.54. The van der Waals surface area contributed by atoms with E-state index in [0.29, 0.717) is 18.5 Å². The highest BCUT2D eigenvalue weighted by Crippen LogP contribution is 2.43. The highest BCUT2D eigenvalue weighted by molar-refractivity contribution is 5.87. The number of hydrogen-bond donors (Lipinski definition) is 1. The van der Waals surface area contributed by atoms with Gasteiger partial charge in [0.2, 0.25) is 11.8 Å². The molecule has 0 aliphatic carbocycles. The van der Waals surface area contributed by atoms with Gasteiger partial charge in [0.25, 0.3) is 0 Å². The van der Waals surface area contributed by atoms with Crippen LogP contribution >= 0.6 is 0 Å². The van der Waals surface area contributed by atoms with Gasteiger partial charge in [0, 0.05) is 18.9 Å². The highest BCUT2D eigenvalue weighted by atomic mass is 16.3. The number of aliphatic hydroxyl groups excluding tert-OH is 1. The zero-order chi connectivity index (χ0) is 20.5. The Morgan fingerprint density at radius 3 is 2.31 bits per heavy atom. The Labute approximate surface area is 170 Å². The van der Waals surface area contributed by atoms with E-state index in [0.717, 1.165) is 16.7 Å². The van der Waals surface area contributed by atoms with E-state index >= 15 is 0 Å². The molecule has 2 aliphatic rings. The van der Waals surface area contributed by atoms with Gasteiger partial charge in [-0.1, -0.05) is 43.3 Å². The number of fused-ring (bicyclic) bond motifs is 1. The van der Waals surface area contributed by atoms with Crippen LogP contribution in [0, 0.1) is 11.3 Å². The van der Waals surface area contributed by atoms with Gasteiger partial charge in [0.15, 0.2) is 0 Å². The Morgan fingerprint density at radius 2 is 1.76 bits per heavy atom. The van der Waals surface area contributed by atoms with Crippen molar-refractivity contribution in [3.8, 4) is 17.2 Å². The number of hydrogen-bond acceptors (Lipinski definition) is 4. The first-order chi connectivity index (χ1) is 14.1. The first kappa shape index (κ1) is 19.2. The van der Waals surface area contributed by atoms with Crippen molar-refractivity contribution >= 4 is 11.8 Å². The third kappa shape index (κ3) is 3.28. The van der Waals surface area contributed by atoms with E-state index in [1.165, 1.54) is 0 Å². The maximum atomic E-state index is 12.5. The lowest BCUT2D eigenvalue weighted by Gasteiger charge is -2.58. The van der Waals surface area contributed by atoms with Crippen LogP contribution in [0.2, 0.25) is 0 Å². The summed E-state index contributed by atoms with van der Waals surface area (Å²) in [7, 11) is 0. The molecule has 0 unspecified atom stereocenters. The number of carbonyl (C=O) groups is 2. The minimum atomic E-state index is -0.243. The quantitative estimate of drug-likeness (QED) is 0.868. The molecule has 0 saturated carbocycles. The lowest BCUT2D eigenvalue weighted by molar-refractivity contribution is -0.166. The maximum absolute atomic E-state index is 12.5. The third-order valence-electron chi connectivity index (χ3n) is 6.05. The molecule has 0 bridgehead atoms. The van der Waals surface area contributed by atoms with Crippen molar-refractivity contribution in [2.75, 3.05) is 19.7 Å². The van der Waals surface area contributed by atoms with Gasteiger partial charge in [0.1, 0.15) is 0 Å². The van der Waals surface area contributed by atoms with Crippen molar-refractivity contribution in [2.24, 2.45) is 0 Å². The molecular weight excluding hydrogens is 366 g/mol. The molecule has 0 radical (unpaired) electrons. The molecule has 0 aromatic heterocycles. The van der Waals surface area contributed by atoms with Crippen LogP contribution in [0.25, 0.3) is 11.1 Å². The molecule has 148 valence electrons. The average molecular weight is 389 g/mol. The number of benzene rings is 2. The summed E-state index contributed by atoms with van der Waals surface area (Å²) in [5, 5.41) is 18.8. The Hall–Kier alpha value is -3.17. The molecular formula is C23H23N3O3. The van der Waals surface area contributed by atoms with Gasteiger partial charge in [0.05, 0.1) is 36.9 Å². The van der Waals surface area contributed by atoms with Crippen LogP contribution in [0.15, 0.2) is 48.5 Å². The fraction of sp³-hybridized carbons (Fsp3) is 0.348. The van der Waals surface area contributed by atoms with Crippen LogP contribution in [-0.4, -0.2) is 58.5 Å².